The summed E-state index contributed by atoms with van der Waals surface area (Å²) in [6.45, 7) is 5.06. The number of carbonyl (C=O) groups is 5. The molecule has 5 atom stereocenters. The molecule has 0 radical (unpaired) electrons. The van der Waals surface area contributed by atoms with Crippen molar-refractivity contribution in [1.29, 1.82) is 0 Å². The van der Waals surface area contributed by atoms with E-state index in [0.717, 1.165) is 0 Å². The summed E-state index contributed by atoms with van der Waals surface area (Å²) in [6, 6.07) is 4.08. The van der Waals surface area contributed by atoms with Crippen molar-refractivity contribution in [3.8, 4) is 0 Å². The number of carboxylic acids is 1. The Kier molecular flexibility index (Phi) is 15.9. The van der Waals surface area contributed by atoms with Gasteiger partial charge in [0.15, 0.2) is 5.96 Å². The molecule has 0 heterocycles. The van der Waals surface area contributed by atoms with E-state index in [0.29, 0.717) is 24.2 Å². The molecule has 0 aliphatic carbocycles. The van der Waals surface area contributed by atoms with E-state index >= 15 is 0 Å². The molecule has 14 heteroatoms. The summed E-state index contributed by atoms with van der Waals surface area (Å²) in [5.41, 5.74) is 11.1. The monoisotopic (exact) mass is 593 g/mol. The van der Waals surface area contributed by atoms with Crippen LogP contribution in [0.15, 0.2) is 35.3 Å². The van der Waals surface area contributed by atoms with Crippen LogP contribution in [0.25, 0.3) is 0 Å². The number of aliphatic imine (C=N–C) groups is 1. The number of guanidine groups is 1. The summed E-state index contributed by atoms with van der Waals surface area (Å²) >= 11 is 1.47. The van der Waals surface area contributed by atoms with Gasteiger partial charge in [-0.1, -0.05) is 50.6 Å². The topological polar surface area (TPSA) is 218 Å². The maximum absolute atomic E-state index is 13.5. The van der Waals surface area contributed by atoms with Gasteiger partial charge in [0.2, 0.25) is 23.6 Å². The fourth-order valence-corrected chi connectivity index (χ4v) is 4.37. The van der Waals surface area contributed by atoms with Crippen LogP contribution in [0.1, 0.15) is 58.1 Å². The van der Waals surface area contributed by atoms with Crippen LogP contribution >= 0.6 is 11.8 Å². The van der Waals surface area contributed by atoms with E-state index in [1.165, 1.54) is 18.7 Å². The number of nitrogens with one attached hydrogen (secondary N) is 4. The highest BCUT2D eigenvalue weighted by molar-refractivity contribution is 7.98. The number of benzene rings is 1. The SMILES string of the molecule is CC[C@H](C)[C@H](NC(=O)C(NC(=O)[C@H](CCSC)NC(=O)[C@H](CCCN=C(N)N)NC(C)=O)c1ccccc1)C(=O)O. The van der Waals surface area contributed by atoms with Gasteiger partial charge < -0.3 is 37.8 Å². The molecule has 1 aromatic rings. The molecule has 0 spiro atoms. The van der Waals surface area contributed by atoms with Crippen molar-refractivity contribution in [2.24, 2.45) is 22.4 Å². The summed E-state index contributed by atoms with van der Waals surface area (Å²) < 4.78 is 0. The summed E-state index contributed by atoms with van der Waals surface area (Å²) in [5, 5.41) is 20.2. The first-order chi connectivity index (χ1) is 19.4. The zero-order chi connectivity index (χ0) is 30.9. The Labute approximate surface area is 245 Å². The normalized spacial score (nSPS) is 14.3. The Morgan fingerprint density at radius 1 is 0.927 bits per heavy atom. The molecule has 0 saturated heterocycles. The molecule has 228 valence electrons. The van der Waals surface area contributed by atoms with Crippen LogP contribution in [-0.4, -0.2) is 77.3 Å². The van der Waals surface area contributed by atoms with Crippen molar-refractivity contribution in [1.82, 2.24) is 21.3 Å². The van der Waals surface area contributed by atoms with Crippen LogP contribution in [0.4, 0.5) is 0 Å². The second-order valence-electron chi connectivity index (χ2n) is 9.61. The van der Waals surface area contributed by atoms with Crippen molar-refractivity contribution >= 4 is 47.3 Å². The number of rotatable bonds is 18. The molecule has 0 fully saturated rings. The molecule has 41 heavy (non-hydrogen) atoms. The summed E-state index contributed by atoms with van der Waals surface area (Å²) in [5.74, 6) is -3.42. The second kappa shape index (κ2) is 18.5. The number of hydrogen-bond donors (Lipinski definition) is 7. The summed E-state index contributed by atoms with van der Waals surface area (Å²) in [7, 11) is 0. The molecule has 0 aliphatic rings. The summed E-state index contributed by atoms with van der Waals surface area (Å²) in [4.78, 5) is 67.5. The van der Waals surface area contributed by atoms with Gasteiger partial charge in [0.1, 0.15) is 24.2 Å². The standard InChI is InChI=1S/C27H43N7O6S/c1-5-16(2)21(26(39)40)33-25(38)22(18-10-7-6-8-11-18)34-24(37)20(13-15-41-4)32-23(36)19(31-17(3)35)12-9-14-30-27(28)29/h6-8,10-11,16,19-22H,5,9,12-15H2,1-4H3,(H,31,35)(H,32,36)(H,33,38)(H,34,37)(H,39,40)(H4,28,29,30)/t16-,19-,20-,21-,22?/m0/s1. The van der Waals surface area contributed by atoms with Crippen LogP contribution in [0.3, 0.4) is 0 Å². The quantitative estimate of drug-likeness (QED) is 0.0704. The van der Waals surface area contributed by atoms with Gasteiger partial charge in [0.05, 0.1) is 0 Å². The van der Waals surface area contributed by atoms with E-state index in [1.54, 1.807) is 37.3 Å². The van der Waals surface area contributed by atoms with Crippen LogP contribution in [0.2, 0.25) is 0 Å². The van der Waals surface area contributed by atoms with E-state index in [-0.39, 0.29) is 31.3 Å². The molecule has 1 aromatic carbocycles. The van der Waals surface area contributed by atoms with Gasteiger partial charge in [0, 0.05) is 13.5 Å². The molecule has 0 bridgehead atoms. The molecule has 0 saturated carbocycles. The van der Waals surface area contributed by atoms with E-state index in [4.69, 9.17) is 11.5 Å². The average Bonchev–Trinajstić information content (AvgIpc) is 2.93. The van der Waals surface area contributed by atoms with Crippen molar-refractivity contribution in [2.75, 3.05) is 18.6 Å². The molecule has 13 nitrogen and oxygen atoms in total. The van der Waals surface area contributed by atoms with Gasteiger partial charge >= 0.3 is 5.97 Å². The lowest BCUT2D eigenvalue weighted by Crippen LogP contribution is -2.56. The van der Waals surface area contributed by atoms with Crippen molar-refractivity contribution in [3.63, 3.8) is 0 Å². The van der Waals surface area contributed by atoms with Gasteiger partial charge in [-0.2, -0.15) is 11.8 Å². The number of hydrogen-bond acceptors (Lipinski definition) is 7. The maximum atomic E-state index is 13.5. The van der Waals surface area contributed by atoms with Crippen molar-refractivity contribution in [3.05, 3.63) is 35.9 Å². The molecule has 4 amide bonds. The van der Waals surface area contributed by atoms with Gasteiger partial charge in [-0.05, 0) is 42.8 Å². The van der Waals surface area contributed by atoms with E-state index in [9.17, 15) is 29.1 Å². The Hall–Kier alpha value is -3.81. The molecule has 1 rings (SSSR count). The predicted octanol–water partition coefficient (Wildman–Crippen LogP) is 0.256. The molecular weight excluding hydrogens is 550 g/mol. The first kappa shape index (κ1) is 35.2. The lowest BCUT2D eigenvalue weighted by atomic mass is 9.98. The fraction of sp³-hybridized carbons (Fsp3) is 0.556. The Morgan fingerprint density at radius 3 is 2.07 bits per heavy atom. The highest BCUT2D eigenvalue weighted by atomic mass is 32.2. The number of nitrogens with zero attached hydrogens (tertiary/aromatic N) is 1. The zero-order valence-electron chi connectivity index (χ0n) is 24.0. The van der Waals surface area contributed by atoms with Crippen LogP contribution < -0.4 is 32.7 Å². The third-order valence-corrected chi connectivity index (χ3v) is 6.99. The Morgan fingerprint density at radius 2 is 1.54 bits per heavy atom. The molecule has 0 aromatic heterocycles. The lowest BCUT2D eigenvalue weighted by molar-refractivity contribution is -0.144. The van der Waals surface area contributed by atoms with Crippen LogP contribution in [-0.2, 0) is 24.0 Å². The number of nitrogens with two attached hydrogens (primary N) is 2. The molecule has 1 unspecified atom stereocenters. The number of carboxylic acid groups (broad SMARTS) is 1. The Bertz CT molecular complexity index is 1050. The third kappa shape index (κ3) is 12.9. The van der Waals surface area contributed by atoms with E-state index < -0.39 is 53.8 Å². The minimum atomic E-state index is -1.21. The smallest absolute Gasteiger partial charge is 0.326 e. The minimum Gasteiger partial charge on any atom is -0.480 e. The van der Waals surface area contributed by atoms with Crippen molar-refractivity contribution in [2.45, 2.75) is 70.6 Å². The predicted molar refractivity (Wildman–Crippen MR) is 159 cm³/mol. The highest BCUT2D eigenvalue weighted by Gasteiger charge is 2.33. The number of carbonyl (C=O) groups excluding carboxylic acids is 4. The first-order valence-corrected chi connectivity index (χ1v) is 14.8. The average molecular weight is 594 g/mol. The van der Waals surface area contributed by atoms with Crippen LogP contribution in [0, 0.1) is 5.92 Å². The lowest BCUT2D eigenvalue weighted by Gasteiger charge is -2.27. The van der Waals surface area contributed by atoms with Crippen LogP contribution in [0.5, 0.6) is 0 Å². The molecule has 0 aliphatic heterocycles. The zero-order valence-corrected chi connectivity index (χ0v) is 24.8. The summed E-state index contributed by atoms with van der Waals surface area (Å²) in [6.07, 6.45) is 3.23. The fourth-order valence-electron chi connectivity index (χ4n) is 3.90. The Balaban J connectivity index is 3.18. The number of thioether (sulfide) groups is 1. The minimum absolute atomic E-state index is 0.0878. The third-order valence-electron chi connectivity index (χ3n) is 6.34. The number of amides is 4. The molecular formula is C27H43N7O6S. The van der Waals surface area contributed by atoms with Gasteiger partial charge in [-0.25, -0.2) is 4.79 Å². The van der Waals surface area contributed by atoms with E-state index in [1.807, 2.05) is 13.2 Å². The largest absolute Gasteiger partial charge is 0.480 e. The maximum Gasteiger partial charge on any atom is 0.326 e. The first-order valence-electron chi connectivity index (χ1n) is 13.4. The molecule has 9 N–H and O–H groups in total. The van der Waals surface area contributed by atoms with E-state index in [2.05, 4.69) is 26.3 Å². The van der Waals surface area contributed by atoms with Gasteiger partial charge in [0.25, 0.3) is 0 Å². The number of aliphatic carboxylic acids is 1. The van der Waals surface area contributed by atoms with Gasteiger partial charge in [-0.15, -0.1) is 0 Å². The van der Waals surface area contributed by atoms with Gasteiger partial charge in [-0.3, -0.25) is 24.2 Å². The second-order valence-corrected chi connectivity index (χ2v) is 10.6. The van der Waals surface area contributed by atoms with Crippen molar-refractivity contribution < 1.29 is 29.1 Å². The highest BCUT2D eigenvalue weighted by Crippen LogP contribution is 2.16.